The molecule has 0 bridgehead atoms. The van der Waals surface area contributed by atoms with Crippen molar-refractivity contribution in [1.29, 1.82) is 0 Å². The Morgan fingerprint density at radius 3 is 2.57 bits per heavy atom. The quantitative estimate of drug-likeness (QED) is 0.746. The van der Waals surface area contributed by atoms with Crippen LogP contribution in [0.3, 0.4) is 0 Å². The number of carbonyl (C=O) groups excluding carboxylic acids is 2. The molecule has 23 heavy (non-hydrogen) atoms. The molecule has 0 unspecified atom stereocenters. The molecule has 0 aliphatic rings. The standard InChI is InChI=1S/C16H13N5O2/c1-11(22)12-3-2-4-14(7-12)20-16(23)13-5-6-17-15(8-13)21-9-18-19-10-21/h2-10H,1H3,(H,20,23). The summed E-state index contributed by atoms with van der Waals surface area (Å²) in [6.45, 7) is 1.48. The van der Waals surface area contributed by atoms with Crippen LogP contribution in [0.2, 0.25) is 0 Å². The van der Waals surface area contributed by atoms with Crippen LogP contribution in [0.5, 0.6) is 0 Å². The van der Waals surface area contributed by atoms with E-state index in [1.54, 1.807) is 41.0 Å². The number of hydrogen-bond donors (Lipinski definition) is 1. The number of benzene rings is 1. The molecule has 3 aromatic rings. The summed E-state index contributed by atoms with van der Waals surface area (Å²) >= 11 is 0. The van der Waals surface area contributed by atoms with Crippen molar-refractivity contribution < 1.29 is 9.59 Å². The first kappa shape index (κ1) is 14.6. The summed E-state index contributed by atoms with van der Waals surface area (Å²) in [5, 5.41) is 10.2. The second-order valence-corrected chi connectivity index (χ2v) is 4.86. The van der Waals surface area contributed by atoms with E-state index < -0.39 is 0 Å². The van der Waals surface area contributed by atoms with Crippen LogP contribution in [0.25, 0.3) is 5.82 Å². The Hall–Kier alpha value is -3.35. The molecule has 2 aromatic heterocycles. The Balaban J connectivity index is 1.82. The maximum atomic E-state index is 12.4. The summed E-state index contributed by atoms with van der Waals surface area (Å²) in [6.07, 6.45) is 4.54. The van der Waals surface area contributed by atoms with Gasteiger partial charge in [0.2, 0.25) is 0 Å². The van der Waals surface area contributed by atoms with Crippen molar-refractivity contribution in [3.05, 3.63) is 66.4 Å². The second kappa shape index (κ2) is 6.18. The highest BCUT2D eigenvalue weighted by Gasteiger charge is 2.09. The number of ketones is 1. The lowest BCUT2D eigenvalue weighted by Gasteiger charge is -2.07. The first-order chi connectivity index (χ1) is 11.1. The molecule has 1 aromatic carbocycles. The molecule has 3 rings (SSSR count). The van der Waals surface area contributed by atoms with Gasteiger partial charge in [-0.15, -0.1) is 10.2 Å². The van der Waals surface area contributed by atoms with Crippen molar-refractivity contribution in [2.24, 2.45) is 0 Å². The van der Waals surface area contributed by atoms with Gasteiger partial charge in [0.25, 0.3) is 5.91 Å². The molecular formula is C16H13N5O2. The van der Waals surface area contributed by atoms with Crippen molar-refractivity contribution in [2.45, 2.75) is 6.92 Å². The smallest absolute Gasteiger partial charge is 0.255 e. The normalized spacial score (nSPS) is 10.3. The van der Waals surface area contributed by atoms with E-state index in [0.29, 0.717) is 22.6 Å². The number of nitrogens with zero attached hydrogens (tertiary/aromatic N) is 4. The number of pyridine rings is 1. The number of rotatable bonds is 4. The molecule has 2 heterocycles. The monoisotopic (exact) mass is 307 g/mol. The van der Waals surface area contributed by atoms with Crippen LogP contribution in [0.4, 0.5) is 5.69 Å². The van der Waals surface area contributed by atoms with E-state index in [2.05, 4.69) is 20.5 Å². The van der Waals surface area contributed by atoms with Gasteiger partial charge in [-0.3, -0.25) is 14.2 Å². The average molecular weight is 307 g/mol. The number of amides is 1. The van der Waals surface area contributed by atoms with Crippen LogP contribution in [-0.4, -0.2) is 31.4 Å². The van der Waals surface area contributed by atoms with Gasteiger partial charge in [-0.2, -0.15) is 0 Å². The van der Waals surface area contributed by atoms with Crippen molar-refractivity contribution >= 4 is 17.4 Å². The molecule has 7 heteroatoms. The molecule has 0 aliphatic heterocycles. The van der Waals surface area contributed by atoms with E-state index in [1.165, 1.54) is 25.8 Å². The van der Waals surface area contributed by atoms with Crippen LogP contribution in [0.15, 0.2) is 55.2 Å². The van der Waals surface area contributed by atoms with Crippen molar-refractivity contribution in [3.8, 4) is 5.82 Å². The van der Waals surface area contributed by atoms with E-state index in [0.717, 1.165) is 0 Å². The van der Waals surface area contributed by atoms with Crippen LogP contribution < -0.4 is 5.32 Å². The number of hydrogen-bond acceptors (Lipinski definition) is 5. The summed E-state index contributed by atoms with van der Waals surface area (Å²) in [4.78, 5) is 27.9. The number of anilines is 1. The second-order valence-electron chi connectivity index (χ2n) is 4.86. The van der Waals surface area contributed by atoms with Crippen LogP contribution >= 0.6 is 0 Å². The Labute approximate surface area is 132 Å². The maximum absolute atomic E-state index is 12.4. The first-order valence-corrected chi connectivity index (χ1v) is 6.87. The Morgan fingerprint density at radius 1 is 1.04 bits per heavy atom. The fourth-order valence-corrected chi connectivity index (χ4v) is 2.04. The first-order valence-electron chi connectivity index (χ1n) is 6.87. The van der Waals surface area contributed by atoms with Gasteiger partial charge in [-0.25, -0.2) is 4.98 Å². The molecule has 0 fully saturated rings. The lowest BCUT2D eigenvalue weighted by molar-refractivity contribution is 0.101. The molecule has 0 aliphatic carbocycles. The fourth-order valence-electron chi connectivity index (χ4n) is 2.04. The molecule has 0 radical (unpaired) electrons. The molecule has 1 N–H and O–H groups in total. The summed E-state index contributed by atoms with van der Waals surface area (Å²) < 4.78 is 1.60. The SMILES string of the molecule is CC(=O)c1cccc(NC(=O)c2ccnc(-n3cnnc3)c2)c1. The summed E-state index contributed by atoms with van der Waals surface area (Å²) in [5.74, 6) is 0.197. The van der Waals surface area contributed by atoms with Gasteiger partial charge in [0, 0.05) is 23.0 Å². The van der Waals surface area contributed by atoms with Gasteiger partial charge in [-0.05, 0) is 31.2 Å². The predicted octanol–water partition coefficient (Wildman–Crippen LogP) is 2.12. The lowest BCUT2D eigenvalue weighted by atomic mass is 10.1. The fraction of sp³-hybridized carbons (Fsp3) is 0.0625. The molecule has 114 valence electrons. The lowest BCUT2D eigenvalue weighted by Crippen LogP contribution is -2.13. The van der Waals surface area contributed by atoms with Crippen molar-refractivity contribution in [3.63, 3.8) is 0 Å². The highest BCUT2D eigenvalue weighted by Crippen LogP contribution is 2.14. The minimum Gasteiger partial charge on any atom is -0.322 e. The molecule has 0 saturated carbocycles. The van der Waals surface area contributed by atoms with Gasteiger partial charge in [0.05, 0.1) is 0 Å². The minimum absolute atomic E-state index is 0.0556. The largest absolute Gasteiger partial charge is 0.322 e. The van der Waals surface area contributed by atoms with Crippen molar-refractivity contribution in [1.82, 2.24) is 19.7 Å². The van der Waals surface area contributed by atoms with E-state index in [9.17, 15) is 9.59 Å². The summed E-state index contributed by atoms with van der Waals surface area (Å²) in [7, 11) is 0. The molecule has 1 amide bonds. The Kier molecular flexibility index (Phi) is 3.92. The Bertz CT molecular complexity index is 858. The summed E-state index contributed by atoms with van der Waals surface area (Å²) in [5.41, 5.74) is 1.55. The van der Waals surface area contributed by atoms with Crippen LogP contribution in [-0.2, 0) is 0 Å². The van der Waals surface area contributed by atoms with Crippen molar-refractivity contribution in [2.75, 3.05) is 5.32 Å². The highest BCUT2D eigenvalue weighted by molar-refractivity contribution is 6.05. The average Bonchev–Trinajstić information content (AvgIpc) is 3.10. The van der Waals surface area contributed by atoms with Gasteiger partial charge >= 0.3 is 0 Å². The zero-order valence-corrected chi connectivity index (χ0v) is 12.3. The Morgan fingerprint density at radius 2 is 1.83 bits per heavy atom. The number of carbonyl (C=O) groups is 2. The van der Waals surface area contributed by atoms with Gasteiger partial charge < -0.3 is 5.32 Å². The van der Waals surface area contributed by atoms with E-state index in [-0.39, 0.29) is 11.7 Å². The van der Waals surface area contributed by atoms with E-state index in [1.807, 2.05) is 0 Å². The highest BCUT2D eigenvalue weighted by atomic mass is 16.1. The number of nitrogens with one attached hydrogen (secondary N) is 1. The molecule has 0 atom stereocenters. The third kappa shape index (κ3) is 3.29. The third-order valence-electron chi connectivity index (χ3n) is 3.22. The minimum atomic E-state index is -0.289. The van der Waals surface area contributed by atoms with Crippen LogP contribution in [0.1, 0.15) is 27.6 Å². The van der Waals surface area contributed by atoms with E-state index >= 15 is 0 Å². The predicted molar refractivity (Wildman–Crippen MR) is 83.6 cm³/mol. The zero-order valence-electron chi connectivity index (χ0n) is 12.3. The topological polar surface area (TPSA) is 89.8 Å². The van der Waals surface area contributed by atoms with Gasteiger partial charge in [-0.1, -0.05) is 12.1 Å². The summed E-state index contributed by atoms with van der Waals surface area (Å²) in [6, 6.07) is 10.0. The molecule has 7 nitrogen and oxygen atoms in total. The molecule has 0 saturated heterocycles. The van der Waals surface area contributed by atoms with Gasteiger partial charge in [0.15, 0.2) is 5.78 Å². The maximum Gasteiger partial charge on any atom is 0.255 e. The zero-order chi connectivity index (χ0) is 16.2. The van der Waals surface area contributed by atoms with Crippen LogP contribution in [0, 0.1) is 0 Å². The number of aromatic nitrogens is 4. The van der Waals surface area contributed by atoms with E-state index in [4.69, 9.17) is 0 Å². The molecule has 0 spiro atoms. The number of Topliss-reactive ketones (excluding diaryl/α,β-unsaturated/α-hetero) is 1. The molecular weight excluding hydrogens is 294 g/mol. The third-order valence-corrected chi connectivity index (χ3v) is 3.22. The van der Waals surface area contributed by atoms with Gasteiger partial charge in [0.1, 0.15) is 18.5 Å².